The molecule has 0 atom stereocenters. The predicted octanol–water partition coefficient (Wildman–Crippen LogP) is 4.91. The van der Waals surface area contributed by atoms with Crippen molar-refractivity contribution in [3.63, 3.8) is 0 Å². The van der Waals surface area contributed by atoms with E-state index >= 15 is 0 Å². The summed E-state index contributed by atoms with van der Waals surface area (Å²) < 4.78 is 1.83. The maximum absolute atomic E-state index is 12.0. The highest BCUT2D eigenvalue weighted by Gasteiger charge is 2.14. The van der Waals surface area contributed by atoms with Crippen LogP contribution in [-0.2, 0) is 0 Å². The van der Waals surface area contributed by atoms with Crippen LogP contribution in [0, 0.1) is 5.92 Å². The Bertz CT molecular complexity index is 422. The zero-order chi connectivity index (χ0) is 13.7. The van der Waals surface area contributed by atoms with Gasteiger partial charge in [-0.25, -0.2) is 0 Å². The van der Waals surface area contributed by atoms with Crippen molar-refractivity contribution < 1.29 is 4.79 Å². The van der Waals surface area contributed by atoms with Gasteiger partial charge in [-0.05, 0) is 37.0 Å². The molecule has 104 valence electrons. The van der Waals surface area contributed by atoms with Gasteiger partial charge in [0.15, 0.2) is 0 Å². The Morgan fingerprint density at radius 1 is 1.16 bits per heavy atom. The molecule has 0 unspecified atom stereocenters. The monoisotopic (exact) mass is 387 g/mol. The first-order valence-corrected chi connectivity index (χ1v) is 8.48. The van der Waals surface area contributed by atoms with E-state index in [1.54, 1.807) is 0 Å². The van der Waals surface area contributed by atoms with E-state index in [9.17, 15) is 4.79 Å². The first-order valence-electron chi connectivity index (χ1n) is 6.89. The highest BCUT2D eigenvalue weighted by atomic mass is 79.9. The lowest BCUT2D eigenvalue weighted by molar-refractivity contribution is 0.0952. The third-order valence-electron chi connectivity index (χ3n) is 3.67. The number of hydrogen-bond acceptors (Lipinski definition) is 1. The molecule has 1 amide bonds. The van der Waals surface area contributed by atoms with Crippen molar-refractivity contribution in [3.05, 3.63) is 32.7 Å². The van der Waals surface area contributed by atoms with Crippen LogP contribution in [-0.4, -0.2) is 12.5 Å². The molecule has 0 spiro atoms. The Kier molecular flexibility index (Phi) is 5.89. The SMILES string of the molecule is O=C(NCCCC1CCCC1)c1cc(Br)cc(Br)c1. The smallest absolute Gasteiger partial charge is 0.251 e. The average Bonchev–Trinajstić information content (AvgIpc) is 2.86. The van der Waals surface area contributed by atoms with Gasteiger partial charge in [-0.15, -0.1) is 0 Å². The molecule has 1 aliphatic carbocycles. The van der Waals surface area contributed by atoms with Gasteiger partial charge in [0.25, 0.3) is 5.91 Å². The second-order valence-corrected chi connectivity index (χ2v) is 7.04. The van der Waals surface area contributed by atoms with Crippen molar-refractivity contribution in [2.75, 3.05) is 6.54 Å². The maximum Gasteiger partial charge on any atom is 0.251 e. The number of carbonyl (C=O) groups excluding carboxylic acids is 1. The van der Waals surface area contributed by atoms with E-state index in [1.807, 2.05) is 18.2 Å². The quantitative estimate of drug-likeness (QED) is 0.713. The van der Waals surface area contributed by atoms with Crippen LogP contribution in [0.5, 0.6) is 0 Å². The summed E-state index contributed by atoms with van der Waals surface area (Å²) in [6, 6.07) is 5.62. The molecular weight excluding hydrogens is 370 g/mol. The molecule has 0 aliphatic heterocycles. The Labute approximate surface area is 131 Å². The van der Waals surface area contributed by atoms with Crippen molar-refractivity contribution in [1.29, 1.82) is 0 Å². The second-order valence-electron chi connectivity index (χ2n) is 5.21. The van der Waals surface area contributed by atoms with Crippen LogP contribution < -0.4 is 5.32 Å². The summed E-state index contributed by atoms with van der Waals surface area (Å²) in [5.41, 5.74) is 0.696. The fraction of sp³-hybridized carbons (Fsp3) is 0.533. The normalized spacial score (nSPS) is 15.7. The van der Waals surface area contributed by atoms with Gasteiger partial charge in [-0.3, -0.25) is 4.79 Å². The van der Waals surface area contributed by atoms with Gasteiger partial charge < -0.3 is 5.32 Å². The standard InChI is InChI=1S/C15H19Br2NO/c16-13-8-12(9-14(17)10-13)15(19)18-7-3-6-11-4-1-2-5-11/h8-11H,1-7H2,(H,18,19). The van der Waals surface area contributed by atoms with Crippen molar-refractivity contribution in [3.8, 4) is 0 Å². The van der Waals surface area contributed by atoms with Crippen LogP contribution in [0.4, 0.5) is 0 Å². The molecule has 1 fully saturated rings. The fourth-order valence-electron chi connectivity index (χ4n) is 2.68. The predicted molar refractivity (Wildman–Crippen MR) is 85.4 cm³/mol. The van der Waals surface area contributed by atoms with Crippen LogP contribution in [0.2, 0.25) is 0 Å². The molecule has 0 radical (unpaired) electrons. The summed E-state index contributed by atoms with van der Waals surface area (Å²) in [4.78, 5) is 12.0. The minimum atomic E-state index is 0.00780. The van der Waals surface area contributed by atoms with Gasteiger partial charge in [0.1, 0.15) is 0 Å². The van der Waals surface area contributed by atoms with Crippen molar-refractivity contribution >= 4 is 37.8 Å². The highest BCUT2D eigenvalue weighted by Crippen LogP contribution is 2.28. The van der Waals surface area contributed by atoms with E-state index in [0.29, 0.717) is 5.56 Å². The number of hydrogen-bond donors (Lipinski definition) is 1. The zero-order valence-corrected chi connectivity index (χ0v) is 14.1. The van der Waals surface area contributed by atoms with Crippen molar-refractivity contribution in [1.82, 2.24) is 5.32 Å². The van der Waals surface area contributed by atoms with E-state index < -0.39 is 0 Å². The summed E-state index contributed by atoms with van der Waals surface area (Å²) >= 11 is 6.80. The highest BCUT2D eigenvalue weighted by molar-refractivity contribution is 9.11. The molecule has 1 N–H and O–H groups in total. The molecule has 4 heteroatoms. The van der Waals surface area contributed by atoms with E-state index in [1.165, 1.54) is 32.1 Å². The topological polar surface area (TPSA) is 29.1 Å². The van der Waals surface area contributed by atoms with Crippen molar-refractivity contribution in [2.24, 2.45) is 5.92 Å². The number of amides is 1. The van der Waals surface area contributed by atoms with Crippen LogP contribution in [0.3, 0.4) is 0 Å². The van der Waals surface area contributed by atoms with Gasteiger partial charge in [0.2, 0.25) is 0 Å². The number of benzene rings is 1. The number of carbonyl (C=O) groups is 1. The van der Waals surface area contributed by atoms with E-state index in [4.69, 9.17) is 0 Å². The molecular formula is C15H19Br2NO. The van der Waals surface area contributed by atoms with Gasteiger partial charge >= 0.3 is 0 Å². The summed E-state index contributed by atoms with van der Waals surface area (Å²) in [5.74, 6) is 0.908. The Morgan fingerprint density at radius 2 is 1.79 bits per heavy atom. The van der Waals surface area contributed by atoms with E-state index in [-0.39, 0.29) is 5.91 Å². The number of rotatable bonds is 5. The lowest BCUT2D eigenvalue weighted by Gasteiger charge is -2.09. The third kappa shape index (κ3) is 4.92. The van der Waals surface area contributed by atoms with Gasteiger partial charge in [0, 0.05) is 21.1 Å². The van der Waals surface area contributed by atoms with Crippen LogP contribution in [0.1, 0.15) is 48.9 Å². The largest absolute Gasteiger partial charge is 0.352 e. The molecule has 0 aromatic heterocycles. The number of nitrogens with one attached hydrogen (secondary N) is 1. The molecule has 1 saturated carbocycles. The molecule has 1 aliphatic rings. The van der Waals surface area contributed by atoms with Crippen molar-refractivity contribution in [2.45, 2.75) is 38.5 Å². The lowest BCUT2D eigenvalue weighted by atomic mass is 10.0. The molecule has 0 saturated heterocycles. The Balaban J connectivity index is 1.74. The minimum absolute atomic E-state index is 0.00780. The number of halogens is 2. The summed E-state index contributed by atoms with van der Waals surface area (Å²) in [5, 5.41) is 3.00. The Morgan fingerprint density at radius 3 is 2.42 bits per heavy atom. The molecule has 19 heavy (non-hydrogen) atoms. The minimum Gasteiger partial charge on any atom is -0.352 e. The first kappa shape index (κ1) is 15.0. The zero-order valence-electron chi connectivity index (χ0n) is 10.9. The van der Waals surface area contributed by atoms with Crippen LogP contribution in [0.25, 0.3) is 0 Å². The first-order chi connectivity index (χ1) is 9.15. The summed E-state index contributed by atoms with van der Waals surface area (Å²) in [7, 11) is 0. The van der Waals surface area contributed by atoms with E-state index in [2.05, 4.69) is 37.2 Å². The molecule has 0 heterocycles. The maximum atomic E-state index is 12.0. The third-order valence-corrected chi connectivity index (χ3v) is 4.59. The van der Waals surface area contributed by atoms with Crippen LogP contribution in [0.15, 0.2) is 27.1 Å². The van der Waals surface area contributed by atoms with E-state index in [0.717, 1.165) is 27.8 Å². The van der Waals surface area contributed by atoms with Crippen LogP contribution >= 0.6 is 31.9 Å². The van der Waals surface area contributed by atoms with Gasteiger partial charge in [0.05, 0.1) is 0 Å². The lowest BCUT2D eigenvalue weighted by Crippen LogP contribution is -2.24. The van der Waals surface area contributed by atoms with Gasteiger partial charge in [-0.1, -0.05) is 57.5 Å². The Hall–Kier alpha value is -0.350. The summed E-state index contributed by atoms with van der Waals surface area (Å²) in [6.07, 6.45) is 7.89. The summed E-state index contributed by atoms with van der Waals surface area (Å²) in [6.45, 7) is 0.777. The molecule has 2 nitrogen and oxygen atoms in total. The fourth-order valence-corrected chi connectivity index (χ4v) is 3.97. The molecule has 1 aromatic carbocycles. The molecule has 0 bridgehead atoms. The van der Waals surface area contributed by atoms with Gasteiger partial charge in [-0.2, -0.15) is 0 Å². The average molecular weight is 389 g/mol. The second kappa shape index (κ2) is 7.44. The molecule has 2 rings (SSSR count). The molecule has 1 aromatic rings.